The summed E-state index contributed by atoms with van der Waals surface area (Å²) in [7, 11) is 2.79. The maximum absolute atomic E-state index is 11.7. The number of carbonyl (C=O) groups excluding carboxylic acids is 1. The van der Waals surface area contributed by atoms with Gasteiger partial charge in [-0.1, -0.05) is 11.6 Å². The van der Waals surface area contributed by atoms with Crippen LogP contribution in [0.25, 0.3) is 0 Å². The van der Waals surface area contributed by atoms with Crippen LogP contribution in [0.4, 0.5) is 0 Å². The highest BCUT2D eigenvalue weighted by Gasteiger charge is 2.21. The highest BCUT2D eigenvalue weighted by Crippen LogP contribution is 2.30. The van der Waals surface area contributed by atoms with Gasteiger partial charge in [0.25, 0.3) is 15.0 Å². The minimum Gasteiger partial charge on any atom is -0.479 e. The Labute approximate surface area is 132 Å². The number of halogens is 2. The SMILES string of the molecule is COCCNC(=O)C(C)Oc1ccc(Cl)cc1S(=O)(=O)Cl. The first kappa shape index (κ1) is 18.0. The van der Waals surface area contributed by atoms with E-state index in [9.17, 15) is 13.2 Å². The highest BCUT2D eigenvalue weighted by atomic mass is 35.7. The molecule has 1 aromatic carbocycles. The summed E-state index contributed by atoms with van der Waals surface area (Å²) in [5.41, 5.74) is 0. The Morgan fingerprint density at radius 3 is 2.67 bits per heavy atom. The molecule has 0 radical (unpaired) electrons. The number of hydrogen-bond donors (Lipinski definition) is 1. The Morgan fingerprint density at radius 1 is 1.43 bits per heavy atom. The molecule has 6 nitrogen and oxygen atoms in total. The minimum absolute atomic E-state index is 0.0382. The molecule has 0 spiro atoms. The number of amides is 1. The molecule has 0 fully saturated rings. The Hall–Kier alpha value is -1.02. The third-order valence-corrected chi connectivity index (χ3v) is 4.03. The zero-order chi connectivity index (χ0) is 16.0. The van der Waals surface area contributed by atoms with Crippen molar-refractivity contribution < 1.29 is 22.7 Å². The molecule has 1 amide bonds. The summed E-state index contributed by atoms with van der Waals surface area (Å²) in [6.45, 7) is 2.17. The van der Waals surface area contributed by atoms with Gasteiger partial charge in [-0.05, 0) is 25.1 Å². The van der Waals surface area contributed by atoms with Crippen LogP contribution < -0.4 is 10.1 Å². The van der Waals surface area contributed by atoms with Crippen LogP contribution in [0.1, 0.15) is 6.92 Å². The van der Waals surface area contributed by atoms with Crippen LogP contribution in [0.5, 0.6) is 5.75 Å². The van der Waals surface area contributed by atoms with Gasteiger partial charge in [-0.25, -0.2) is 8.42 Å². The van der Waals surface area contributed by atoms with Gasteiger partial charge < -0.3 is 14.8 Å². The number of hydrogen-bond acceptors (Lipinski definition) is 5. The molecule has 1 aromatic rings. The number of rotatable bonds is 7. The average molecular weight is 356 g/mol. The molecule has 1 rings (SSSR count). The van der Waals surface area contributed by atoms with Gasteiger partial charge in [0, 0.05) is 29.4 Å². The van der Waals surface area contributed by atoms with Crippen molar-refractivity contribution in [2.24, 2.45) is 0 Å². The fourth-order valence-electron chi connectivity index (χ4n) is 1.43. The fourth-order valence-corrected chi connectivity index (χ4v) is 2.66. The lowest BCUT2D eigenvalue weighted by Gasteiger charge is -2.16. The first-order valence-corrected chi connectivity index (χ1v) is 8.62. The summed E-state index contributed by atoms with van der Waals surface area (Å²) in [5, 5.41) is 2.77. The van der Waals surface area contributed by atoms with E-state index >= 15 is 0 Å². The lowest BCUT2D eigenvalue weighted by molar-refractivity contribution is -0.127. The van der Waals surface area contributed by atoms with Crippen molar-refractivity contribution in [3.8, 4) is 5.75 Å². The summed E-state index contributed by atoms with van der Waals surface area (Å²) in [6, 6.07) is 3.95. The van der Waals surface area contributed by atoms with Crippen LogP contribution in [0, 0.1) is 0 Å². The molecule has 0 saturated carbocycles. The van der Waals surface area contributed by atoms with Crippen LogP contribution in [-0.2, 0) is 18.6 Å². The lowest BCUT2D eigenvalue weighted by atomic mass is 10.3. The molecule has 1 unspecified atom stereocenters. The zero-order valence-electron chi connectivity index (χ0n) is 11.4. The van der Waals surface area contributed by atoms with Gasteiger partial charge in [0.2, 0.25) is 0 Å². The summed E-state index contributed by atoms with van der Waals surface area (Å²) in [5.74, 6) is -0.441. The summed E-state index contributed by atoms with van der Waals surface area (Å²) >= 11 is 5.73. The van der Waals surface area contributed by atoms with Gasteiger partial charge in [-0.2, -0.15) is 0 Å². The van der Waals surface area contributed by atoms with Crippen molar-refractivity contribution >= 4 is 37.2 Å². The van der Waals surface area contributed by atoms with Crippen molar-refractivity contribution in [3.63, 3.8) is 0 Å². The first-order chi connectivity index (χ1) is 9.75. The second kappa shape index (κ2) is 7.84. The van der Waals surface area contributed by atoms with E-state index in [1.54, 1.807) is 0 Å². The van der Waals surface area contributed by atoms with Gasteiger partial charge in [-0.15, -0.1) is 0 Å². The third kappa shape index (κ3) is 5.70. The van der Waals surface area contributed by atoms with Crippen molar-refractivity contribution in [1.29, 1.82) is 0 Å². The topological polar surface area (TPSA) is 81.7 Å². The van der Waals surface area contributed by atoms with Crippen LogP contribution in [0.15, 0.2) is 23.1 Å². The number of methoxy groups -OCH3 is 1. The second-order valence-corrected chi connectivity index (χ2v) is 7.04. The molecule has 0 aliphatic carbocycles. The standard InChI is InChI=1S/C12H15Cl2NO5S/c1-8(12(16)15-5-6-19-2)20-10-4-3-9(13)7-11(10)21(14,17)18/h3-4,7-8H,5-6H2,1-2H3,(H,15,16). The van der Waals surface area contributed by atoms with E-state index in [4.69, 9.17) is 31.8 Å². The summed E-state index contributed by atoms with van der Waals surface area (Å²) in [6.07, 6.45) is -0.903. The van der Waals surface area contributed by atoms with E-state index in [-0.39, 0.29) is 15.7 Å². The fraction of sp³-hybridized carbons (Fsp3) is 0.417. The average Bonchev–Trinajstić information content (AvgIpc) is 2.39. The Kier molecular flexibility index (Phi) is 6.73. The normalized spacial score (nSPS) is 12.8. The van der Waals surface area contributed by atoms with Crippen LogP contribution in [0.2, 0.25) is 5.02 Å². The van der Waals surface area contributed by atoms with Crippen molar-refractivity contribution in [3.05, 3.63) is 23.2 Å². The summed E-state index contributed by atoms with van der Waals surface area (Å²) in [4.78, 5) is 11.5. The molecule has 9 heteroatoms. The van der Waals surface area contributed by atoms with E-state index < -0.39 is 21.1 Å². The van der Waals surface area contributed by atoms with Crippen molar-refractivity contribution in [2.45, 2.75) is 17.9 Å². The lowest BCUT2D eigenvalue weighted by Crippen LogP contribution is -2.38. The van der Waals surface area contributed by atoms with Crippen LogP contribution in [0.3, 0.4) is 0 Å². The predicted octanol–water partition coefficient (Wildman–Crippen LogP) is 1.80. The van der Waals surface area contributed by atoms with Gasteiger partial charge in [-0.3, -0.25) is 4.79 Å². The number of benzene rings is 1. The second-order valence-electron chi connectivity index (χ2n) is 4.07. The van der Waals surface area contributed by atoms with Gasteiger partial charge in [0.1, 0.15) is 10.6 Å². The van der Waals surface area contributed by atoms with Crippen LogP contribution >= 0.6 is 22.3 Å². The molecule has 0 bridgehead atoms. The predicted molar refractivity (Wildman–Crippen MR) is 79.5 cm³/mol. The van der Waals surface area contributed by atoms with Crippen molar-refractivity contribution in [2.75, 3.05) is 20.3 Å². The van der Waals surface area contributed by atoms with Gasteiger partial charge >= 0.3 is 0 Å². The minimum atomic E-state index is -4.04. The molecule has 0 saturated heterocycles. The largest absolute Gasteiger partial charge is 0.479 e. The van der Waals surface area contributed by atoms with E-state index in [1.807, 2.05) is 0 Å². The highest BCUT2D eigenvalue weighted by molar-refractivity contribution is 8.13. The molecule has 0 aromatic heterocycles. The molecule has 0 aliphatic heterocycles. The van der Waals surface area contributed by atoms with E-state index in [0.29, 0.717) is 13.2 Å². The third-order valence-electron chi connectivity index (χ3n) is 2.45. The molecule has 21 heavy (non-hydrogen) atoms. The smallest absolute Gasteiger partial charge is 0.265 e. The molecular weight excluding hydrogens is 341 g/mol. The van der Waals surface area contributed by atoms with Gasteiger partial charge in [0.05, 0.1) is 6.61 Å². The maximum atomic E-state index is 11.7. The molecule has 1 N–H and O–H groups in total. The number of carbonyl (C=O) groups is 1. The maximum Gasteiger partial charge on any atom is 0.265 e. The zero-order valence-corrected chi connectivity index (χ0v) is 13.8. The summed E-state index contributed by atoms with van der Waals surface area (Å²) < 4.78 is 33.1. The van der Waals surface area contributed by atoms with E-state index in [2.05, 4.69) is 5.32 Å². The van der Waals surface area contributed by atoms with E-state index in [0.717, 1.165) is 6.07 Å². The first-order valence-electron chi connectivity index (χ1n) is 5.93. The monoisotopic (exact) mass is 355 g/mol. The Morgan fingerprint density at radius 2 is 2.10 bits per heavy atom. The Balaban J connectivity index is 2.85. The molecule has 118 valence electrons. The Bertz CT molecular complexity index is 606. The number of ether oxygens (including phenoxy) is 2. The molecule has 0 heterocycles. The van der Waals surface area contributed by atoms with Crippen LogP contribution in [-0.4, -0.2) is 40.7 Å². The number of nitrogens with one attached hydrogen (secondary N) is 1. The van der Waals surface area contributed by atoms with Crippen molar-refractivity contribution in [1.82, 2.24) is 5.32 Å². The molecular formula is C12H15Cl2NO5S. The quantitative estimate of drug-likeness (QED) is 0.595. The van der Waals surface area contributed by atoms with Gasteiger partial charge in [0.15, 0.2) is 6.10 Å². The molecule has 0 aliphatic rings. The van der Waals surface area contributed by atoms with E-state index in [1.165, 1.54) is 26.2 Å². The molecule has 1 atom stereocenters.